The highest BCUT2D eigenvalue weighted by atomic mass is 16.5. The largest absolute Gasteiger partial charge is 0.378 e. The number of allylic oxidation sites excluding steroid dienone is 1. The van der Waals surface area contributed by atoms with Gasteiger partial charge in [-0.05, 0) is 26.2 Å². The second-order valence-corrected chi connectivity index (χ2v) is 3.38. The molecule has 0 heterocycles. The SMILES string of the molecule is CC(C)/C=C\CCOC(C)C. The summed E-state index contributed by atoms with van der Waals surface area (Å²) in [6, 6.07) is 0. The predicted octanol–water partition coefficient (Wildman–Crippen LogP) is 3.01. The van der Waals surface area contributed by atoms with Crippen molar-refractivity contribution >= 4 is 0 Å². The Kier molecular flexibility index (Phi) is 6.24. The lowest BCUT2D eigenvalue weighted by Gasteiger charge is -2.04. The summed E-state index contributed by atoms with van der Waals surface area (Å²) in [4.78, 5) is 0. The highest BCUT2D eigenvalue weighted by Crippen LogP contribution is 1.96. The van der Waals surface area contributed by atoms with E-state index in [1.807, 2.05) is 0 Å². The first-order valence-electron chi connectivity index (χ1n) is 4.41. The smallest absolute Gasteiger partial charge is 0.0519 e. The standard InChI is InChI=1S/C10H20O/c1-9(2)7-5-6-8-11-10(3)4/h5,7,9-10H,6,8H2,1-4H3/b7-5-. The Labute approximate surface area is 70.4 Å². The van der Waals surface area contributed by atoms with Crippen molar-refractivity contribution in [3.8, 4) is 0 Å². The zero-order valence-corrected chi connectivity index (χ0v) is 8.13. The first kappa shape index (κ1) is 10.7. The number of ether oxygens (including phenoxy) is 1. The molecule has 0 saturated carbocycles. The lowest BCUT2D eigenvalue weighted by Crippen LogP contribution is -2.02. The molecule has 66 valence electrons. The van der Waals surface area contributed by atoms with Crippen LogP contribution in [0.25, 0.3) is 0 Å². The summed E-state index contributed by atoms with van der Waals surface area (Å²) in [6.45, 7) is 9.33. The third-order valence-corrected chi connectivity index (χ3v) is 1.26. The maximum Gasteiger partial charge on any atom is 0.0519 e. The first-order valence-corrected chi connectivity index (χ1v) is 4.41. The molecule has 0 aromatic rings. The van der Waals surface area contributed by atoms with E-state index in [2.05, 4.69) is 39.8 Å². The predicted molar refractivity (Wildman–Crippen MR) is 49.7 cm³/mol. The van der Waals surface area contributed by atoms with Crippen LogP contribution in [0.2, 0.25) is 0 Å². The second-order valence-electron chi connectivity index (χ2n) is 3.38. The Hall–Kier alpha value is -0.300. The fourth-order valence-electron chi connectivity index (χ4n) is 0.740. The zero-order valence-electron chi connectivity index (χ0n) is 8.13. The van der Waals surface area contributed by atoms with E-state index >= 15 is 0 Å². The minimum atomic E-state index is 0.363. The van der Waals surface area contributed by atoms with E-state index in [0.29, 0.717) is 12.0 Å². The minimum absolute atomic E-state index is 0.363. The molecule has 1 heteroatoms. The maximum atomic E-state index is 5.37. The van der Waals surface area contributed by atoms with E-state index < -0.39 is 0 Å². The van der Waals surface area contributed by atoms with Crippen molar-refractivity contribution in [3.63, 3.8) is 0 Å². The van der Waals surface area contributed by atoms with E-state index in [1.165, 1.54) is 0 Å². The molecular weight excluding hydrogens is 136 g/mol. The molecule has 0 unspecified atom stereocenters. The van der Waals surface area contributed by atoms with Gasteiger partial charge in [-0.3, -0.25) is 0 Å². The van der Waals surface area contributed by atoms with Gasteiger partial charge in [0.25, 0.3) is 0 Å². The summed E-state index contributed by atoms with van der Waals surface area (Å²) >= 11 is 0. The molecule has 0 aliphatic rings. The van der Waals surface area contributed by atoms with Gasteiger partial charge in [0.05, 0.1) is 12.7 Å². The summed E-state index contributed by atoms with van der Waals surface area (Å²) in [6.07, 6.45) is 5.80. The third-order valence-electron chi connectivity index (χ3n) is 1.26. The maximum absolute atomic E-state index is 5.37. The van der Waals surface area contributed by atoms with Crippen molar-refractivity contribution in [1.29, 1.82) is 0 Å². The lowest BCUT2D eigenvalue weighted by molar-refractivity contribution is 0.0825. The molecule has 0 aromatic carbocycles. The monoisotopic (exact) mass is 156 g/mol. The summed E-state index contributed by atoms with van der Waals surface area (Å²) in [5, 5.41) is 0. The normalized spacial score (nSPS) is 12.2. The van der Waals surface area contributed by atoms with Crippen LogP contribution in [0, 0.1) is 5.92 Å². The number of hydrogen-bond acceptors (Lipinski definition) is 1. The molecule has 1 nitrogen and oxygen atoms in total. The molecule has 0 aliphatic carbocycles. The van der Waals surface area contributed by atoms with Gasteiger partial charge in [0.1, 0.15) is 0 Å². The molecule has 0 atom stereocenters. The van der Waals surface area contributed by atoms with Crippen molar-refractivity contribution < 1.29 is 4.74 Å². The molecule has 11 heavy (non-hydrogen) atoms. The lowest BCUT2D eigenvalue weighted by atomic mass is 10.2. The molecule has 0 saturated heterocycles. The Bertz CT molecular complexity index is 103. The fraction of sp³-hybridized carbons (Fsp3) is 0.800. The Balaban J connectivity index is 3.14. The summed E-state index contributed by atoms with van der Waals surface area (Å²) in [5.41, 5.74) is 0. The van der Waals surface area contributed by atoms with E-state index in [-0.39, 0.29) is 0 Å². The van der Waals surface area contributed by atoms with Gasteiger partial charge in [-0.25, -0.2) is 0 Å². The third kappa shape index (κ3) is 9.70. The Morgan fingerprint density at radius 1 is 1.18 bits per heavy atom. The summed E-state index contributed by atoms with van der Waals surface area (Å²) in [7, 11) is 0. The van der Waals surface area contributed by atoms with Crippen LogP contribution in [0.3, 0.4) is 0 Å². The van der Waals surface area contributed by atoms with Gasteiger partial charge in [-0.2, -0.15) is 0 Å². The highest BCUT2D eigenvalue weighted by Gasteiger charge is 1.89. The molecule has 0 fully saturated rings. The van der Waals surface area contributed by atoms with Gasteiger partial charge in [0.2, 0.25) is 0 Å². The quantitative estimate of drug-likeness (QED) is 0.439. The van der Waals surface area contributed by atoms with Gasteiger partial charge in [0, 0.05) is 0 Å². The topological polar surface area (TPSA) is 9.23 Å². The van der Waals surface area contributed by atoms with E-state index in [0.717, 1.165) is 13.0 Å². The molecule has 0 spiro atoms. The van der Waals surface area contributed by atoms with Gasteiger partial charge in [-0.15, -0.1) is 0 Å². The van der Waals surface area contributed by atoms with Crippen LogP contribution in [0.15, 0.2) is 12.2 Å². The van der Waals surface area contributed by atoms with E-state index in [9.17, 15) is 0 Å². The average Bonchev–Trinajstić information content (AvgIpc) is 1.85. The van der Waals surface area contributed by atoms with Crippen LogP contribution in [0.4, 0.5) is 0 Å². The molecular formula is C10H20O. The van der Waals surface area contributed by atoms with Crippen LogP contribution in [0.1, 0.15) is 34.1 Å². The van der Waals surface area contributed by atoms with Crippen LogP contribution in [-0.4, -0.2) is 12.7 Å². The summed E-state index contributed by atoms with van der Waals surface area (Å²) < 4.78 is 5.37. The molecule has 0 aromatic heterocycles. The van der Waals surface area contributed by atoms with E-state index in [4.69, 9.17) is 4.74 Å². The summed E-state index contributed by atoms with van der Waals surface area (Å²) in [5.74, 6) is 0.661. The number of hydrogen-bond donors (Lipinski definition) is 0. The van der Waals surface area contributed by atoms with Gasteiger partial charge in [-0.1, -0.05) is 26.0 Å². The van der Waals surface area contributed by atoms with Crippen molar-refractivity contribution in [2.75, 3.05) is 6.61 Å². The molecule has 0 amide bonds. The van der Waals surface area contributed by atoms with Crippen LogP contribution < -0.4 is 0 Å². The van der Waals surface area contributed by atoms with Crippen LogP contribution >= 0.6 is 0 Å². The van der Waals surface area contributed by atoms with Crippen LogP contribution in [0.5, 0.6) is 0 Å². The van der Waals surface area contributed by atoms with Crippen molar-refractivity contribution in [1.82, 2.24) is 0 Å². The Morgan fingerprint density at radius 3 is 2.27 bits per heavy atom. The van der Waals surface area contributed by atoms with Crippen LogP contribution in [-0.2, 0) is 4.74 Å². The first-order chi connectivity index (χ1) is 5.13. The fourth-order valence-corrected chi connectivity index (χ4v) is 0.740. The highest BCUT2D eigenvalue weighted by molar-refractivity contribution is 4.83. The average molecular weight is 156 g/mol. The van der Waals surface area contributed by atoms with Gasteiger partial charge < -0.3 is 4.74 Å². The molecule has 0 N–H and O–H groups in total. The second kappa shape index (κ2) is 6.41. The zero-order chi connectivity index (χ0) is 8.69. The number of rotatable bonds is 5. The van der Waals surface area contributed by atoms with Gasteiger partial charge >= 0.3 is 0 Å². The van der Waals surface area contributed by atoms with Gasteiger partial charge in [0.15, 0.2) is 0 Å². The van der Waals surface area contributed by atoms with E-state index in [1.54, 1.807) is 0 Å². The van der Waals surface area contributed by atoms with Crippen molar-refractivity contribution in [3.05, 3.63) is 12.2 Å². The molecule has 0 bridgehead atoms. The molecule has 0 radical (unpaired) electrons. The molecule has 0 rings (SSSR count). The van der Waals surface area contributed by atoms with Crippen molar-refractivity contribution in [2.24, 2.45) is 5.92 Å². The van der Waals surface area contributed by atoms with Crippen molar-refractivity contribution in [2.45, 2.75) is 40.2 Å². The Morgan fingerprint density at radius 2 is 1.82 bits per heavy atom. The minimum Gasteiger partial charge on any atom is -0.378 e. The molecule has 0 aliphatic heterocycles.